The van der Waals surface area contributed by atoms with Gasteiger partial charge in [0, 0.05) is 12.4 Å². The van der Waals surface area contributed by atoms with Crippen molar-refractivity contribution in [2.24, 2.45) is 0 Å². The molecule has 17 heavy (non-hydrogen) atoms. The SMILES string of the molecule is O=C(O)Cc1nccnc1Oc1ccccc1. The lowest BCUT2D eigenvalue weighted by Crippen LogP contribution is -2.05. The number of aromatic nitrogens is 2. The molecule has 0 saturated heterocycles. The normalized spacial score (nSPS) is 9.88. The first kappa shape index (κ1) is 11.1. The summed E-state index contributed by atoms with van der Waals surface area (Å²) in [5.41, 5.74) is 0.309. The van der Waals surface area contributed by atoms with Crippen molar-refractivity contribution in [1.82, 2.24) is 9.97 Å². The van der Waals surface area contributed by atoms with Crippen molar-refractivity contribution in [2.45, 2.75) is 6.42 Å². The molecule has 1 aromatic carbocycles. The fourth-order valence-electron chi connectivity index (χ4n) is 1.30. The summed E-state index contributed by atoms with van der Waals surface area (Å²) in [4.78, 5) is 18.6. The number of hydrogen-bond donors (Lipinski definition) is 1. The number of rotatable bonds is 4. The van der Waals surface area contributed by atoms with Gasteiger partial charge in [-0.05, 0) is 12.1 Å². The zero-order chi connectivity index (χ0) is 12.1. The minimum absolute atomic E-state index is 0.212. The van der Waals surface area contributed by atoms with Crippen molar-refractivity contribution in [1.29, 1.82) is 0 Å². The van der Waals surface area contributed by atoms with Crippen LogP contribution in [0.3, 0.4) is 0 Å². The second-order valence-electron chi connectivity index (χ2n) is 3.29. The average Bonchev–Trinajstić information content (AvgIpc) is 2.32. The maximum Gasteiger partial charge on any atom is 0.309 e. The van der Waals surface area contributed by atoms with E-state index in [0.29, 0.717) is 11.4 Å². The third-order valence-corrected chi connectivity index (χ3v) is 2.01. The predicted octanol–water partition coefficient (Wildman–Crippen LogP) is 1.90. The summed E-state index contributed by atoms with van der Waals surface area (Å²) in [7, 11) is 0. The van der Waals surface area contributed by atoms with Crippen molar-refractivity contribution in [2.75, 3.05) is 0 Å². The Morgan fingerprint density at radius 3 is 2.59 bits per heavy atom. The first-order chi connectivity index (χ1) is 8.25. The summed E-state index contributed by atoms with van der Waals surface area (Å²) in [6.45, 7) is 0. The molecule has 0 spiro atoms. The molecule has 0 saturated carbocycles. The number of nitrogens with zero attached hydrogens (tertiary/aromatic N) is 2. The van der Waals surface area contributed by atoms with Gasteiger partial charge < -0.3 is 9.84 Å². The van der Waals surface area contributed by atoms with E-state index in [2.05, 4.69) is 9.97 Å². The molecule has 0 fully saturated rings. The van der Waals surface area contributed by atoms with Gasteiger partial charge in [0.05, 0.1) is 6.42 Å². The van der Waals surface area contributed by atoms with Gasteiger partial charge in [0.2, 0.25) is 5.88 Å². The van der Waals surface area contributed by atoms with Crippen LogP contribution in [0.2, 0.25) is 0 Å². The van der Waals surface area contributed by atoms with Gasteiger partial charge in [-0.3, -0.25) is 9.78 Å². The third kappa shape index (κ3) is 3.01. The van der Waals surface area contributed by atoms with Crippen molar-refractivity contribution in [3.8, 4) is 11.6 Å². The average molecular weight is 230 g/mol. The number of carbonyl (C=O) groups is 1. The minimum Gasteiger partial charge on any atom is -0.481 e. The summed E-state index contributed by atoms with van der Waals surface area (Å²) < 4.78 is 5.47. The first-order valence-corrected chi connectivity index (χ1v) is 5.00. The van der Waals surface area contributed by atoms with E-state index >= 15 is 0 Å². The van der Waals surface area contributed by atoms with Gasteiger partial charge in [0.15, 0.2) is 0 Å². The van der Waals surface area contributed by atoms with Crippen LogP contribution in [-0.2, 0) is 11.2 Å². The number of carboxylic acid groups (broad SMARTS) is 1. The molecule has 2 rings (SSSR count). The molecule has 1 aromatic heterocycles. The second-order valence-corrected chi connectivity index (χ2v) is 3.29. The van der Waals surface area contributed by atoms with Crippen molar-refractivity contribution >= 4 is 5.97 Å². The highest BCUT2D eigenvalue weighted by molar-refractivity contribution is 5.70. The monoisotopic (exact) mass is 230 g/mol. The van der Waals surface area contributed by atoms with Crippen LogP contribution < -0.4 is 4.74 Å². The zero-order valence-corrected chi connectivity index (χ0v) is 8.91. The van der Waals surface area contributed by atoms with Gasteiger partial charge in [0.1, 0.15) is 11.4 Å². The van der Waals surface area contributed by atoms with Crippen LogP contribution in [0.1, 0.15) is 5.69 Å². The largest absolute Gasteiger partial charge is 0.481 e. The molecule has 2 aromatic rings. The fraction of sp³-hybridized carbons (Fsp3) is 0.0833. The van der Waals surface area contributed by atoms with Crippen LogP contribution in [0.15, 0.2) is 42.7 Å². The van der Waals surface area contributed by atoms with Gasteiger partial charge in [-0.25, -0.2) is 4.98 Å². The number of aliphatic carboxylic acids is 1. The Labute approximate surface area is 97.7 Å². The molecule has 0 unspecified atom stereocenters. The molecule has 0 radical (unpaired) electrons. The van der Waals surface area contributed by atoms with E-state index in [-0.39, 0.29) is 12.3 Å². The molecule has 0 bridgehead atoms. The van der Waals surface area contributed by atoms with Gasteiger partial charge in [-0.15, -0.1) is 0 Å². The molecule has 5 heteroatoms. The van der Waals surface area contributed by atoms with Gasteiger partial charge in [-0.1, -0.05) is 18.2 Å². The predicted molar refractivity (Wildman–Crippen MR) is 59.9 cm³/mol. The maximum absolute atomic E-state index is 10.7. The smallest absolute Gasteiger partial charge is 0.309 e. The summed E-state index contributed by atoms with van der Waals surface area (Å²) in [5.74, 6) is -0.149. The van der Waals surface area contributed by atoms with E-state index in [4.69, 9.17) is 9.84 Å². The molecule has 5 nitrogen and oxygen atoms in total. The van der Waals surface area contributed by atoms with Crippen LogP contribution in [-0.4, -0.2) is 21.0 Å². The number of hydrogen-bond acceptors (Lipinski definition) is 4. The topological polar surface area (TPSA) is 72.3 Å². The Morgan fingerprint density at radius 2 is 1.88 bits per heavy atom. The van der Waals surface area contributed by atoms with E-state index in [0.717, 1.165) is 0 Å². The summed E-state index contributed by atoms with van der Waals surface area (Å²) >= 11 is 0. The lowest BCUT2D eigenvalue weighted by atomic mass is 10.3. The van der Waals surface area contributed by atoms with Crippen molar-refractivity contribution in [3.05, 3.63) is 48.4 Å². The molecule has 86 valence electrons. The Morgan fingerprint density at radius 1 is 1.18 bits per heavy atom. The van der Waals surface area contributed by atoms with E-state index in [1.165, 1.54) is 12.4 Å². The van der Waals surface area contributed by atoms with Gasteiger partial charge in [0.25, 0.3) is 0 Å². The van der Waals surface area contributed by atoms with Gasteiger partial charge >= 0.3 is 5.97 Å². The van der Waals surface area contributed by atoms with Crippen molar-refractivity contribution in [3.63, 3.8) is 0 Å². The Kier molecular flexibility index (Phi) is 3.30. The standard InChI is InChI=1S/C12H10N2O3/c15-11(16)8-10-12(14-7-6-13-10)17-9-4-2-1-3-5-9/h1-7H,8H2,(H,15,16). The number of para-hydroxylation sites is 1. The van der Waals surface area contributed by atoms with Crippen molar-refractivity contribution < 1.29 is 14.6 Å². The number of carboxylic acids is 1. The lowest BCUT2D eigenvalue weighted by Gasteiger charge is -2.07. The van der Waals surface area contributed by atoms with Crippen LogP contribution in [0, 0.1) is 0 Å². The highest BCUT2D eigenvalue weighted by Gasteiger charge is 2.11. The summed E-state index contributed by atoms with van der Waals surface area (Å²) in [5, 5.41) is 8.73. The molecule has 0 amide bonds. The van der Waals surface area contributed by atoms with E-state index < -0.39 is 5.97 Å². The van der Waals surface area contributed by atoms with Crippen LogP contribution in [0.25, 0.3) is 0 Å². The highest BCUT2D eigenvalue weighted by Crippen LogP contribution is 2.21. The third-order valence-electron chi connectivity index (χ3n) is 2.01. The summed E-state index contributed by atoms with van der Waals surface area (Å²) in [6, 6.07) is 9.03. The molecule has 0 atom stereocenters. The summed E-state index contributed by atoms with van der Waals surface area (Å²) in [6.07, 6.45) is 2.69. The Bertz CT molecular complexity index is 514. The number of ether oxygens (including phenoxy) is 1. The highest BCUT2D eigenvalue weighted by atomic mass is 16.5. The Hall–Kier alpha value is -2.43. The second kappa shape index (κ2) is 5.07. The molecule has 0 aliphatic rings. The van der Waals surface area contributed by atoms with E-state index in [1.807, 2.05) is 18.2 Å². The van der Waals surface area contributed by atoms with Crippen LogP contribution in [0.4, 0.5) is 0 Å². The van der Waals surface area contributed by atoms with E-state index in [1.54, 1.807) is 12.1 Å². The van der Waals surface area contributed by atoms with Crippen LogP contribution >= 0.6 is 0 Å². The zero-order valence-electron chi connectivity index (χ0n) is 8.91. The van der Waals surface area contributed by atoms with Crippen LogP contribution in [0.5, 0.6) is 11.6 Å². The fourth-order valence-corrected chi connectivity index (χ4v) is 1.30. The molecule has 1 N–H and O–H groups in total. The first-order valence-electron chi connectivity index (χ1n) is 5.00. The van der Waals surface area contributed by atoms with Gasteiger partial charge in [-0.2, -0.15) is 0 Å². The molecule has 0 aliphatic heterocycles. The lowest BCUT2D eigenvalue weighted by molar-refractivity contribution is -0.136. The molecular weight excluding hydrogens is 220 g/mol. The maximum atomic E-state index is 10.7. The quantitative estimate of drug-likeness (QED) is 0.868. The molecular formula is C12H10N2O3. The molecule has 0 aliphatic carbocycles. The van der Waals surface area contributed by atoms with E-state index in [9.17, 15) is 4.79 Å². The molecule has 1 heterocycles. The Balaban J connectivity index is 2.23. The number of benzene rings is 1. The minimum atomic E-state index is -0.969.